The molecule has 0 aliphatic heterocycles. The molecule has 0 amide bonds. The maximum Gasteiger partial charge on any atom is 0.472 e. The van der Waals surface area contributed by atoms with Gasteiger partial charge in [0.15, 0.2) is 6.10 Å². The van der Waals surface area contributed by atoms with Crippen LogP contribution in [0, 0.1) is 0 Å². The SMILES string of the molecule is CCCCCCCCCCCCCCCCCCCCCCCCCCCCCCCCCCCCCCCCCCCC(=O)OC(COC(=O)CCCCCCCCCCCCCCCCCCCCCCCCCCCCC)COP(=O)(O)OCC[N+](C)(C)C. The predicted octanol–water partition coefficient (Wildman–Crippen LogP) is 27.6. The third kappa shape index (κ3) is 78.0. The Labute approximate surface area is 575 Å². The third-order valence-corrected chi connectivity index (χ3v) is 20.6. The molecule has 550 valence electrons. The molecule has 0 aliphatic rings. The average molecular weight is 1320 g/mol. The fourth-order valence-corrected chi connectivity index (χ4v) is 14.0. The molecule has 0 aromatic rings. The molecule has 2 unspecified atom stereocenters. The van der Waals surface area contributed by atoms with Gasteiger partial charge in [0.1, 0.15) is 19.8 Å². The largest absolute Gasteiger partial charge is 0.472 e. The molecular weight excluding hydrogens is 1160 g/mol. The summed E-state index contributed by atoms with van der Waals surface area (Å²) in [6.45, 7) is 4.55. The summed E-state index contributed by atoms with van der Waals surface area (Å²) in [7, 11) is 1.51. The highest BCUT2D eigenvalue weighted by Gasteiger charge is 2.27. The molecule has 2 atom stereocenters. The quantitative estimate of drug-likeness (QED) is 0.0278. The highest BCUT2D eigenvalue weighted by molar-refractivity contribution is 7.47. The van der Waals surface area contributed by atoms with Crippen molar-refractivity contribution in [2.24, 2.45) is 0 Å². The minimum atomic E-state index is -4.39. The van der Waals surface area contributed by atoms with Crippen molar-refractivity contribution in [3.8, 4) is 0 Å². The van der Waals surface area contributed by atoms with Crippen molar-refractivity contribution in [3.05, 3.63) is 0 Å². The Bertz CT molecular complexity index is 1510. The van der Waals surface area contributed by atoms with Gasteiger partial charge in [0.25, 0.3) is 0 Å². The van der Waals surface area contributed by atoms with Crippen LogP contribution in [0.2, 0.25) is 0 Å². The Morgan fingerprint density at radius 1 is 0.293 bits per heavy atom. The molecule has 0 aromatic heterocycles. The molecule has 0 bridgehead atoms. The lowest BCUT2D eigenvalue weighted by Crippen LogP contribution is -2.37. The van der Waals surface area contributed by atoms with Gasteiger partial charge in [-0.15, -0.1) is 0 Å². The monoisotopic (exact) mass is 1320 g/mol. The van der Waals surface area contributed by atoms with Gasteiger partial charge >= 0.3 is 19.8 Å². The van der Waals surface area contributed by atoms with Crippen molar-refractivity contribution in [3.63, 3.8) is 0 Å². The van der Waals surface area contributed by atoms with Crippen molar-refractivity contribution >= 4 is 19.8 Å². The van der Waals surface area contributed by atoms with E-state index >= 15 is 0 Å². The molecule has 0 saturated carbocycles. The van der Waals surface area contributed by atoms with Gasteiger partial charge in [-0.2, -0.15) is 0 Å². The fourth-order valence-electron chi connectivity index (χ4n) is 13.3. The lowest BCUT2D eigenvalue weighted by Gasteiger charge is -2.24. The summed E-state index contributed by atoms with van der Waals surface area (Å²) in [6, 6.07) is 0. The van der Waals surface area contributed by atoms with Crippen LogP contribution < -0.4 is 0 Å². The zero-order chi connectivity index (χ0) is 66.9. The van der Waals surface area contributed by atoms with Crippen LogP contribution >= 0.6 is 7.82 Å². The number of unbranched alkanes of at least 4 members (excludes halogenated alkanes) is 66. The Balaban J connectivity index is 3.83. The molecule has 92 heavy (non-hydrogen) atoms. The first-order chi connectivity index (χ1) is 45.0. The van der Waals surface area contributed by atoms with Crippen LogP contribution in [0.4, 0.5) is 0 Å². The van der Waals surface area contributed by atoms with Crippen LogP contribution in [0.3, 0.4) is 0 Å². The van der Waals surface area contributed by atoms with Crippen LogP contribution in [-0.4, -0.2) is 74.9 Å². The molecule has 0 aliphatic carbocycles. The molecule has 0 fully saturated rings. The molecule has 0 saturated heterocycles. The summed E-state index contributed by atoms with van der Waals surface area (Å²) in [6.07, 6.45) is 92.9. The number of phosphoric acid groups is 1. The molecule has 0 rings (SSSR count). The molecule has 0 heterocycles. The number of ether oxygens (including phenoxy) is 2. The van der Waals surface area contributed by atoms with E-state index in [1.54, 1.807) is 0 Å². The summed E-state index contributed by atoms with van der Waals surface area (Å²) in [5.74, 6) is -0.764. The number of hydrogen-bond donors (Lipinski definition) is 1. The normalized spacial score (nSPS) is 12.9. The number of quaternary nitrogens is 1. The minimum absolute atomic E-state index is 0.0379. The van der Waals surface area contributed by atoms with E-state index in [0.29, 0.717) is 17.4 Å². The van der Waals surface area contributed by atoms with Gasteiger partial charge in [-0.1, -0.05) is 438 Å². The summed E-state index contributed by atoms with van der Waals surface area (Å²) < 4.78 is 34.8. The Kier molecular flexibility index (Phi) is 73.4. The number of esters is 2. The maximum atomic E-state index is 12.9. The van der Waals surface area contributed by atoms with Crippen LogP contribution in [0.5, 0.6) is 0 Å². The highest BCUT2D eigenvalue weighted by atomic mass is 31.2. The smallest absolute Gasteiger partial charge is 0.462 e. The van der Waals surface area contributed by atoms with Crippen LogP contribution in [0.15, 0.2) is 0 Å². The second kappa shape index (κ2) is 74.2. The molecule has 0 spiro atoms. The van der Waals surface area contributed by atoms with Gasteiger partial charge < -0.3 is 18.9 Å². The summed E-state index contributed by atoms with van der Waals surface area (Å²) in [5, 5.41) is 0. The number of hydrogen-bond acceptors (Lipinski definition) is 7. The lowest BCUT2D eigenvalue weighted by atomic mass is 10.0. The Hall–Kier alpha value is -0.990. The molecule has 0 aromatic carbocycles. The highest BCUT2D eigenvalue weighted by Crippen LogP contribution is 2.43. The Morgan fingerprint density at radius 3 is 0.696 bits per heavy atom. The average Bonchev–Trinajstić information content (AvgIpc) is 2.23. The van der Waals surface area contributed by atoms with E-state index in [4.69, 9.17) is 18.5 Å². The van der Waals surface area contributed by atoms with Gasteiger partial charge in [0.2, 0.25) is 0 Å². The van der Waals surface area contributed by atoms with E-state index in [-0.39, 0.29) is 25.6 Å². The van der Waals surface area contributed by atoms with Gasteiger partial charge in [0.05, 0.1) is 27.7 Å². The second-order valence-electron chi connectivity index (χ2n) is 30.2. The molecule has 10 heteroatoms. The predicted molar refractivity (Wildman–Crippen MR) is 400 cm³/mol. The van der Waals surface area contributed by atoms with Gasteiger partial charge in [-0.3, -0.25) is 18.6 Å². The van der Waals surface area contributed by atoms with Crippen molar-refractivity contribution in [1.29, 1.82) is 0 Å². The summed E-state index contributed by atoms with van der Waals surface area (Å²) in [5.41, 5.74) is 0. The first kappa shape index (κ1) is 91.0. The van der Waals surface area contributed by atoms with Gasteiger partial charge in [-0.25, -0.2) is 4.57 Å². The zero-order valence-electron chi connectivity index (χ0n) is 63.1. The zero-order valence-corrected chi connectivity index (χ0v) is 64.0. The third-order valence-electron chi connectivity index (χ3n) is 19.6. The van der Waals surface area contributed by atoms with E-state index in [1.807, 2.05) is 21.1 Å². The number of carbonyl (C=O) groups is 2. The molecular formula is C82H165NO8P+. The van der Waals surface area contributed by atoms with Crippen molar-refractivity contribution in [1.82, 2.24) is 0 Å². The first-order valence-electron chi connectivity index (χ1n) is 41.8. The topological polar surface area (TPSA) is 108 Å². The fraction of sp³-hybridized carbons (Fsp3) is 0.976. The van der Waals surface area contributed by atoms with E-state index in [2.05, 4.69) is 13.8 Å². The van der Waals surface area contributed by atoms with Crippen LogP contribution in [0.1, 0.15) is 463 Å². The lowest BCUT2D eigenvalue weighted by molar-refractivity contribution is -0.870. The van der Waals surface area contributed by atoms with Crippen molar-refractivity contribution in [2.45, 2.75) is 469 Å². The number of likely N-dealkylation sites (N-methyl/N-ethyl adjacent to an activating group) is 1. The first-order valence-corrected chi connectivity index (χ1v) is 43.3. The van der Waals surface area contributed by atoms with Crippen molar-refractivity contribution < 1.29 is 42.1 Å². The van der Waals surface area contributed by atoms with Gasteiger partial charge in [0, 0.05) is 12.8 Å². The summed E-state index contributed by atoms with van der Waals surface area (Å²) >= 11 is 0. The van der Waals surface area contributed by atoms with E-state index in [0.717, 1.165) is 38.5 Å². The molecule has 1 N–H and O–H groups in total. The van der Waals surface area contributed by atoms with E-state index < -0.39 is 26.5 Å². The maximum absolute atomic E-state index is 12.9. The summed E-state index contributed by atoms with van der Waals surface area (Å²) in [4.78, 5) is 36.0. The number of nitrogens with zero attached hydrogens (tertiary/aromatic N) is 1. The van der Waals surface area contributed by atoms with Crippen LogP contribution in [-0.2, 0) is 32.7 Å². The number of carbonyl (C=O) groups excluding carboxylic acids is 2. The standard InChI is InChI=1S/C82H164NO8P/c1-6-8-10-12-14-16-18-20-22-24-26-28-30-32-34-35-36-37-38-39-40-41-42-43-44-45-46-47-49-51-53-55-57-59-61-63-65-67-69-71-73-75-82(85)91-80(79-90-92(86,87)89-77-76-83(3,4)5)78-88-81(84)74-72-70-68-66-64-62-60-58-56-54-52-50-48-33-31-29-27-25-23-21-19-17-15-13-11-9-7-2/h80H,6-79H2,1-5H3/p+1. The Morgan fingerprint density at radius 2 is 0.489 bits per heavy atom. The number of phosphoric ester groups is 1. The molecule has 0 radical (unpaired) electrons. The van der Waals surface area contributed by atoms with E-state index in [9.17, 15) is 19.0 Å². The van der Waals surface area contributed by atoms with Crippen LogP contribution in [0.25, 0.3) is 0 Å². The number of rotatable bonds is 80. The molecule has 9 nitrogen and oxygen atoms in total. The minimum Gasteiger partial charge on any atom is -0.462 e. The van der Waals surface area contributed by atoms with Gasteiger partial charge in [-0.05, 0) is 12.8 Å². The van der Waals surface area contributed by atoms with E-state index in [1.165, 1.54) is 398 Å². The van der Waals surface area contributed by atoms with Crippen molar-refractivity contribution in [2.75, 3.05) is 47.5 Å². The second-order valence-corrected chi connectivity index (χ2v) is 31.7.